The third-order valence-electron chi connectivity index (χ3n) is 12.5. The molecule has 6 rings (SSSR count). The van der Waals surface area contributed by atoms with Gasteiger partial charge in [-0.3, -0.25) is 0 Å². The number of halogens is 6. The number of esters is 3. The van der Waals surface area contributed by atoms with Crippen molar-refractivity contribution in [3.05, 3.63) is 137 Å². The Morgan fingerprint density at radius 3 is 1.23 bits per heavy atom. The Morgan fingerprint density at radius 2 is 0.813 bits per heavy atom. The number of hydrogen-bond acceptors (Lipinski definition) is 9. The second-order valence-corrected chi connectivity index (χ2v) is 19.9. The lowest BCUT2D eigenvalue weighted by atomic mass is 9.81. The Bertz CT molecular complexity index is 2790. The maximum absolute atomic E-state index is 12.6. The van der Waals surface area contributed by atoms with Gasteiger partial charge in [0.25, 0.3) is 17.8 Å². The van der Waals surface area contributed by atoms with Gasteiger partial charge in [0.15, 0.2) is 26.4 Å². The van der Waals surface area contributed by atoms with Gasteiger partial charge in [-0.1, -0.05) is 133 Å². The number of benzene rings is 6. The van der Waals surface area contributed by atoms with E-state index in [-0.39, 0.29) is 31.8 Å². The molecule has 0 radical (unpaired) electrons. The molecular weight excluding hydrogens is 979 g/mol. The van der Waals surface area contributed by atoms with Crippen molar-refractivity contribution in [2.24, 2.45) is 0 Å². The van der Waals surface area contributed by atoms with Crippen LogP contribution in [-0.2, 0) is 56.7 Å². The minimum Gasteiger partial charge on any atom is -0.482 e. The third-order valence-corrected chi connectivity index (χ3v) is 12.5. The van der Waals surface area contributed by atoms with E-state index in [1.807, 2.05) is 54.6 Å². The van der Waals surface area contributed by atoms with Crippen LogP contribution in [0, 0.1) is 0 Å². The van der Waals surface area contributed by atoms with Crippen LogP contribution in [0.1, 0.15) is 128 Å². The SMILES string of the molecule is CCC(C)(C)c1ccc2cc(COCC(=O)OCC(C)(F)F)ccc2c1.CCC(C)c1ccc2cc(COCC(=O)OCC(C)(F)F)ccc2c1.CCC(C)c1ccc2cc(OCC(=O)OCC(C)(F)F)ccc2c1. The molecule has 75 heavy (non-hydrogen) atoms. The van der Waals surface area contributed by atoms with E-state index in [1.165, 1.54) is 16.7 Å². The van der Waals surface area contributed by atoms with Crippen molar-refractivity contribution in [3.8, 4) is 5.75 Å². The first kappa shape index (κ1) is 61.4. The van der Waals surface area contributed by atoms with Gasteiger partial charge in [0.05, 0.1) is 13.2 Å². The van der Waals surface area contributed by atoms with Gasteiger partial charge >= 0.3 is 17.9 Å². The van der Waals surface area contributed by atoms with E-state index in [1.54, 1.807) is 6.07 Å². The lowest BCUT2D eigenvalue weighted by molar-refractivity contribution is -0.159. The molecule has 0 spiro atoms. The Morgan fingerprint density at radius 1 is 0.453 bits per heavy atom. The molecule has 0 N–H and O–H groups in total. The van der Waals surface area contributed by atoms with Crippen molar-refractivity contribution < 1.29 is 69.1 Å². The molecule has 0 heterocycles. The van der Waals surface area contributed by atoms with Gasteiger partial charge in [-0.15, -0.1) is 0 Å². The Hall–Kier alpha value is -6.19. The molecule has 2 atom stereocenters. The summed E-state index contributed by atoms with van der Waals surface area (Å²) in [6.07, 6.45) is 3.23. The zero-order chi connectivity index (χ0) is 55.6. The largest absolute Gasteiger partial charge is 0.482 e. The Balaban J connectivity index is 0.000000244. The molecule has 0 saturated carbocycles. The molecule has 0 saturated heterocycles. The van der Waals surface area contributed by atoms with Crippen molar-refractivity contribution in [2.45, 2.75) is 137 Å². The van der Waals surface area contributed by atoms with Gasteiger partial charge in [0.2, 0.25) is 0 Å². The topological polar surface area (TPSA) is 107 Å². The van der Waals surface area contributed by atoms with Crippen LogP contribution in [0.4, 0.5) is 26.3 Å². The summed E-state index contributed by atoms with van der Waals surface area (Å²) in [5, 5.41) is 6.58. The first-order valence-corrected chi connectivity index (χ1v) is 25.2. The van der Waals surface area contributed by atoms with Gasteiger partial charge in [0.1, 0.15) is 19.0 Å². The van der Waals surface area contributed by atoms with Gasteiger partial charge < -0.3 is 28.4 Å². The smallest absolute Gasteiger partial charge is 0.344 e. The van der Waals surface area contributed by atoms with Crippen LogP contribution in [0.25, 0.3) is 32.3 Å². The quantitative estimate of drug-likeness (QED) is 0.0352. The molecule has 0 aliphatic heterocycles. The minimum atomic E-state index is -3.04. The molecular formula is C60H72F6O9. The highest BCUT2D eigenvalue weighted by Crippen LogP contribution is 2.31. The van der Waals surface area contributed by atoms with Crippen LogP contribution in [0.2, 0.25) is 0 Å². The van der Waals surface area contributed by atoms with E-state index in [0.29, 0.717) is 38.4 Å². The molecule has 0 aliphatic carbocycles. The monoisotopic (exact) mass is 1050 g/mol. The number of alkyl halides is 6. The predicted octanol–water partition coefficient (Wildman–Crippen LogP) is 15.2. The summed E-state index contributed by atoms with van der Waals surface area (Å²) in [5.41, 5.74) is 5.85. The number of hydrogen-bond donors (Lipinski definition) is 0. The number of rotatable bonds is 23. The second kappa shape index (κ2) is 28.1. The fourth-order valence-corrected chi connectivity index (χ4v) is 7.22. The zero-order valence-electron chi connectivity index (χ0n) is 44.8. The molecule has 0 fully saturated rings. The average molecular weight is 1050 g/mol. The minimum absolute atomic E-state index is 0.131. The summed E-state index contributed by atoms with van der Waals surface area (Å²) in [6.45, 7) is 14.0. The van der Waals surface area contributed by atoms with E-state index < -0.39 is 62.1 Å². The standard InChI is InChI=1S/C21H26F2O3.C20H24F2O3.C19H22F2O3/c1-5-20(2,3)18-9-8-16-10-15(6-7-17(16)11-18)12-25-13-19(24)26-14-21(4,22)23;1-4-14(2)16-7-8-17-9-15(5-6-18(17)10-16)11-24-12-19(23)25-13-20(3,21)22;1-4-13(2)14-5-6-16-10-17(8-7-15(16)9-14)23-11-18(22)24-12-19(3,20)21/h6-11H,5,12-14H2,1-4H3;5-10,14H,4,11-13H2,1-3H3;5-10,13H,4,11-12H2,1-3H3. The molecule has 0 aromatic heterocycles. The van der Waals surface area contributed by atoms with Gasteiger partial charge in [0, 0.05) is 20.8 Å². The number of carbonyl (C=O) groups is 3. The molecule has 408 valence electrons. The van der Waals surface area contributed by atoms with E-state index in [0.717, 1.165) is 62.7 Å². The predicted molar refractivity (Wildman–Crippen MR) is 282 cm³/mol. The average Bonchev–Trinajstić information content (AvgIpc) is 3.37. The molecule has 6 aromatic rings. The lowest BCUT2D eigenvalue weighted by Crippen LogP contribution is -2.24. The van der Waals surface area contributed by atoms with Crippen molar-refractivity contribution in [1.82, 2.24) is 0 Å². The zero-order valence-corrected chi connectivity index (χ0v) is 44.8. The van der Waals surface area contributed by atoms with Crippen molar-refractivity contribution in [2.75, 3.05) is 39.6 Å². The molecule has 9 nitrogen and oxygen atoms in total. The van der Waals surface area contributed by atoms with Crippen molar-refractivity contribution >= 4 is 50.2 Å². The molecule has 15 heteroatoms. The highest BCUT2D eigenvalue weighted by Gasteiger charge is 2.26. The van der Waals surface area contributed by atoms with Crippen LogP contribution in [0.5, 0.6) is 5.75 Å². The molecule has 6 aromatic carbocycles. The first-order valence-electron chi connectivity index (χ1n) is 25.2. The fourth-order valence-electron chi connectivity index (χ4n) is 7.22. The van der Waals surface area contributed by atoms with E-state index >= 15 is 0 Å². The van der Waals surface area contributed by atoms with Gasteiger partial charge in [-0.05, 0) is 121 Å². The molecule has 0 amide bonds. The Kier molecular flexibility index (Phi) is 23.0. The van der Waals surface area contributed by atoms with Crippen molar-refractivity contribution in [1.29, 1.82) is 0 Å². The summed E-state index contributed by atoms with van der Waals surface area (Å²) in [5.74, 6) is -9.97. The first-order chi connectivity index (χ1) is 35.2. The van der Waals surface area contributed by atoms with Crippen molar-refractivity contribution in [3.63, 3.8) is 0 Å². The highest BCUT2D eigenvalue weighted by molar-refractivity contribution is 5.86. The normalized spacial score (nSPS) is 12.7. The molecule has 2 unspecified atom stereocenters. The summed E-state index contributed by atoms with van der Waals surface area (Å²) in [6, 6.07) is 36.5. The maximum Gasteiger partial charge on any atom is 0.344 e. The number of ether oxygens (including phenoxy) is 6. The van der Waals surface area contributed by atoms with Gasteiger partial charge in [-0.2, -0.15) is 0 Å². The van der Waals surface area contributed by atoms with Crippen LogP contribution >= 0.6 is 0 Å². The van der Waals surface area contributed by atoms with Crippen LogP contribution < -0.4 is 4.74 Å². The van der Waals surface area contributed by atoms with Crippen LogP contribution in [0.3, 0.4) is 0 Å². The number of carbonyl (C=O) groups excluding carboxylic acids is 3. The summed E-state index contributed by atoms with van der Waals surface area (Å²) < 4.78 is 105. The number of fused-ring (bicyclic) bond motifs is 3. The van der Waals surface area contributed by atoms with E-state index in [4.69, 9.17) is 14.2 Å². The maximum atomic E-state index is 12.6. The highest BCUT2D eigenvalue weighted by atomic mass is 19.3. The summed E-state index contributed by atoms with van der Waals surface area (Å²) in [4.78, 5) is 34.1. The van der Waals surface area contributed by atoms with Crippen LogP contribution in [-0.4, -0.2) is 75.3 Å². The lowest BCUT2D eigenvalue weighted by Gasteiger charge is -2.23. The van der Waals surface area contributed by atoms with Crippen LogP contribution in [0.15, 0.2) is 109 Å². The fraction of sp³-hybridized carbons (Fsp3) is 0.450. The third kappa shape index (κ3) is 21.9. The molecule has 0 aliphatic rings. The van der Waals surface area contributed by atoms with Gasteiger partial charge in [-0.25, -0.2) is 40.7 Å². The van der Waals surface area contributed by atoms with E-state index in [9.17, 15) is 40.7 Å². The Labute approximate surface area is 437 Å². The summed E-state index contributed by atoms with van der Waals surface area (Å²) >= 11 is 0. The van der Waals surface area contributed by atoms with E-state index in [2.05, 4.69) is 111 Å². The summed E-state index contributed by atoms with van der Waals surface area (Å²) in [7, 11) is 0. The second-order valence-electron chi connectivity index (χ2n) is 19.9. The molecule has 0 bridgehead atoms.